The number of amides is 2. The lowest BCUT2D eigenvalue weighted by Gasteiger charge is -2.37. The average molecular weight is 1140 g/mol. The lowest BCUT2D eigenvalue weighted by atomic mass is 9.90. The molecule has 2 amide bonds. The molecule has 8 aromatic rings. The third-order valence-corrected chi connectivity index (χ3v) is 16.1. The molecule has 4 aromatic heterocycles. The monoisotopic (exact) mass is 1130 g/mol. The van der Waals surface area contributed by atoms with Crippen molar-refractivity contribution < 1.29 is 56.3 Å². The van der Waals surface area contributed by atoms with Crippen molar-refractivity contribution in [1.29, 1.82) is 0 Å². The minimum Gasteiger partial charge on any atom is -0.382 e. The Morgan fingerprint density at radius 2 is 0.925 bits per heavy atom. The van der Waals surface area contributed by atoms with Crippen molar-refractivity contribution in [3.63, 3.8) is 0 Å². The summed E-state index contributed by atoms with van der Waals surface area (Å²) in [5.74, 6) is -3.64. The van der Waals surface area contributed by atoms with Crippen LogP contribution in [0.2, 0.25) is 0 Å². The second-order valence-electron chi connectivity index (χ2n) is 18.7. The number of ether oxygens (including phenoxy) is 4. The zero-order valence-electron chi connectivity index (χ0n) is 43.0. The lowest BCUT2D eigenvalue weighted by Crippen LogP contribution is -2.43. The molecule has 4 atom stereocenters. The number of carbonyl (C=O) groups excluding carboxylic acids is 2. The van der Waals surface area contributed by atoms with E-state index in [0.717, 1.165) is 35.4 Å². The van der Waals surface area contributed by atoms with E-state index in [1.165, 1.54) is 70.3 Å². The van der Waals surface area contributed by atoms with Gasteiger partial charge in [0.15, 0.2) is 12.6 Å². The number of nitrogens with one attached hydrogen (secondary N) is 2. The molecule has 0 unspecified atom stereocenters. The maximum atomic E-state index is 14.8. The van der Waals surface area contributed by atoms with E-state index in [4.69, 9.17) is 18.9 Å². The molecule has 0 radical (unpaired) electrons. The quantitative estimate of drug-likeness (QED) is 0.0590. The lowest BCUT2D eigenvalue weighted by molar-refractivity contribution is -0.180. The van der Waals surface area contributed by atoms with Gasteiger partial charge in [-0.1, -0.05) is 50.2 Å². The zero-order chi connectivity index (χ0) is 56.2. The first-order valence-electron chi connectivity index (χ1n) is 25.0. The number of benzene rings is 4. The van der Waals surface area contributed by atoms with Crippen molar-refractivity contribution in [3.8, 4) is 0 Å². The summed E-state index contributed by atoms with van der Waals surface area (Å²) >= 11 is 2.76. The third kappa shape index (κ3) is 14.3. The first-order valence-corrected chi connectivity index (χ1v) is 26.9. The Morgan fingerprint density at radius 3 is 1.25 bits per heavy atom. The SMILES string of the molecule is C[C@@H](SC1COC(c2ccc(C(=O)Nc3ccncc3)cc2)OC1)[C@](O)(Cn1cncn1)c1ccc(F)cc1F.C[C@@H](SC1COC(c2ccc(C(=O)Nc3ccncc3)cc2)OC1)[C@](O)(Cn1cncn1)c1ccc(F)cc1F. The molecule has 0 aliphatic carbocycles. The standard InChI is InChI=1S/2C28H27F2N5O4S/c2*1-18(28(37,15-35-17-32-16-33-35)24-7-6-21(29)12-25(24)30)40-23-13-38-27(39-14-23)20-4-2-19(3-5-20)26(36)34-22-8-10-31-11-9-22/h2*2-12,16-18,23,27,37H,13-15H2,1H3,(H,31,34,36)/t2*18-,23?,27?,28-/m11/s1. The number of aliphatic hydroxyl groups is 2. The van der Waals surface area contributed by atoms with Gasteiger partial charge in [0.05, 0.1) is 50.0 Å². The highest BCUT2D eigenvalue weighted by atomic mass is 32.2. The minimum atomic E-state index is -1.72. The zero-order valence-corrected chi connectivity index (χ0v) is 44.6. The van der Waals surface area contributed by atoms with Crippen LogP contribution in [0.4, 0.5) is 28.9 Å². The van der Waals surface area contributed by atoms with Gasteiger partial charge in [0.1, 0.15) is 59.8 Å². The molecular formula is C56H54F4N10O8S2. The smallest absolute Gasteiger partial charge is 0.255 e. The number of nitrogens with zero attached hydrogens (tertiary/aromatic N) is 8. The second-order valence-corrected chi connectivity index (χ2v) is 22.0. The summed E-state index contributed by atoms with van der Waals surface area (Å²) in [5.41, 5.74) is 0.269. The summed E-state index contributed by atoms with van der Waals surface area (Å²) in [4.78, 5) is 40.7. The summed E-state index contributed by atoms with van der Waals surface area (Å²) in [5, 5.41) is 35.7. The Balaban J connectivity index is 0.000000194. The van der Waals surface area contributed by atoms with Gasteiger partial charge in [-0.25, -0.2) is 36.9 Å². The second kappa shape index (κ2) is 26.2. The molecule has 0 saturated carbocycles. The van der Waals surface area contributed by atoms with E-state index < -0.39 is 57.6 Å². The molecule has 80 heavy (non-hydrogen) atoms. The topological polar surface area (TPSA) is 223 Å². The molecule has 10 rings (SSSR count). The minimum absolute atomic E-state index is 0.0343. The molecule has 24 heteroatoms. The fraction of sp³-hybridized carbons (Fsp3) is 0.286. The van der Waals surface area contributed by atoms with Gasteiger partial charge in [-0.15, -0.1) is 23.5 Å². The van der Waals surface area contributed by atoms with Crippen LogP contribution in [0.1, 0.15) is 69.4 Å². The molecule has 2 aliphatic rings. The molecule has 416 valence electrons. The fourth-order valence-electron chi connectivity index (χ4n) is 8.85. The average Bonchev–Trinajstić information content (AvgIpc) is 4.26. The van der Waals surface area contributed by atoms with Crippen molar-refractivity contribution in [1.82, 2.24) is 39.5 Å². The number of carbonyl (C=O) groups is 2. The summed E-state index contributed by atoms with van der Waals surface area (Å²) < 4.78 is 83.5. The molecule has 0 spiro atoms. The maximum Gasteiger partial charge on any atom is 0.255 e. The fourth-order valence-corrected chi connectivity index (χ4v) is 11.5. The van der Waals surface area contributed by atoms with Gasteiger partial charge in [0.2, 0.25) is 0 Å². The van der Waals surface area contributed by atoms with E-state index >= 15 is 0 Å². The third-order valence-electron chi connectivity index (χ3n) is 13.2. The molecule has 18 nitrogen and oxygen atoms in total. The summed E-state index contributed by atoms with van der Waals surface area (Å²) in [6.45, 7) is 4.64. The number of pyridine rings is 2. The van der Waals surface area contributed by atoms with Gasteiger partial charge < -0.3 is 39.8 Å². The van der Waals surface area contributed by atoms with Crippen LogP contribution in [0, 0.1) is 23.3 Å². The normalized spacial score (nSPS) is 19.5. The molecule has 2 saturated heterocycles. The van der Waals surface area contributed by atoms with Crippen molar-refractivity contribution in [3.05, 3.63) is 216 Å². The molecular weight excluding hydrogens is 1080 g/mol. The van der Waals surface area contributed by atoms with E-state index in [-0.39, 0.29) is 46.5 Å². The Bertz CT molecular complexity index is 3060. The van der Waals surface area contributed by atoms with Gasteiger partial charge in [-0.3, -0.25) is 19.6 Å². The largest absolute Gasteiger partial charge is 0.382 e. The van der Waals surface area contributed by atoms with Gasteiger partial charge in [0, 0.05) is 92.2 Å². The van der Waals surface area contributed by atoms with E-state index in [9.17, 15) is 37.4 Å². The first kappa shape index (κ1) is 57.3. The van der Waals surface area contributed by atoms with Gasteiger partial charge in [-0.2, -0.15) is 10.2 Å². The Morgan fingerprint density at radius 1 is 0.562 bits per heavy atom. The van der Waals surface area contributed by atoms with Crippen molar-refractivity contribution in [2.24, 2.45) is 0 Å². The predicted molar refractivity (Wildman–Crippen MR) is 289 cm³/mol. The van der Waals surface area contributed by atoms with Crippen LogP contribution in [0.25, 0.3) is 0 Å². The number of hydrogen-bond acceptors (Lipinski definition) is 16. The highest BCUT2D eigenvalue weighted by molar-refractivity contribution is 8.00. The van der Waals surface area contributed by atoms with Gasteiger partial charge in [0.25, 0.3) is 11.8 Å². The van der Waals surface area contributed by atoms with Crippen LogP contribution in [-0.2, 0) is 43.2 Å². The number of anilines is 2. The van der Waals surface area contributed by atoms with Crippen LogP contribution in [0.5, 0.6) is 0 Å². The van der Waals surface area contributed by atoms with E-state index in [1.807, 2.05) is 0 Å². The van der Waals surface area contributed by atoms with Crippen LogP contribution in [0.3, 0.4) is 0 Å². The molecule has 0 bridgehead atoms. The van der Waals surface area contributed by atoms with Crippen molar-refractivity contribution >= 4 is 46.7 Å². The van der Waals surface area contributed by atoms with E-state index in [2.05, 4.69) is 40.8 Å². The summed E-state index contributed by atoms with van der Waals surface area (Å²) in [6, 6.07) is 27.0. The number of rotatable bonds is 18. The number of halogens is 4. The molecule has 4 N–H and O–H groups in total. The molecule has 2 fully saturated rings. The predicted octanol–water partition coefficient (Wildman–Crippen LogP) is 8.65. The summed E-state index contributed by atoms with van der Waals surface area (Å²) in [7, 11) is 0. The van der Waals surface area contributed by atoms with Crippen molar-refractivity contribution in [2.45, 2.75) is 71.7 Å². The highest BCUT2D eigenvalue weighted by Crippen LogP contribution is 2.41. The number of thioether (sulfide) groups is 2. The van der Waals surface area contributed by atoms with Crippen molar-refractivity contribution in [2.75, 3.05) is 37.1 Å². The van der Waals surface area contributed by atoms with E-state index in [0.29, 0.717) is 48.9 Å². The van der Waals surface area contributed by atoms with E-state index in [1.54, 1.807) is 111 Å². The summed E-state index contributed by atoms with van der Waals surface area (Å²) in [6.07, 6.45) is 10.7. The highest BCUT2D eigenvalue weighted by Gasteiger charge is 2.43. The molecule has 4 aromatic carbocycles. The number of aromatic nitrogens is 8. The number of hydrogen-bond donors (Lipinski definition) is 4. The Labute approximate surface area is 465 Å². The molecule has 2 aliphatic heterocycles. The van der Waals surface area contributed by atoms with Gasteiger partial charge >= 0.3 is 0 Å². The van der Waals surface area contributed by atoms with Gasteiger partial charge in [-0.05, 0) is 60.7 Å². The van der Waals surface area contributed by atoms with Crippen LogP contribution in [0.15, 0.2) is 159 Å². The van der Waals surface area contributed by atoms with Crippen LogP contribution < -0.4 is 10.6 Å². The first-order chi connectivity index (χ1) is 38.6. The Hall–Kier alpha value is -7.42. The maximum absolute atomic E-state index is 14.8. The Kier molecular flexibility index (Phi) is 18.8. The molecule has 6 heterocycles. The van der Waals surface area contributed by atoms with Crippen LogP contribution >= 0.6 is 23.5 Å². The van der Waals surface area contributed by atoms with Crippen LogP contribution in [-0.4, -0.2) is 109 Å².